The fourth-order valence-electron chi connectivity index (χ4n) is 2.81. The van der Waals surface area contributed by atoms with Gasteiger partial charge in [0, 0.05) is 32.7 Å². The second-order valence-corrected chi connectivity index (χ2v) is 5.43. The summed E-state index contributed by atoms with van der Waals surface area (Å²) < 4.78 is 0. The summed E-state index contributed by atoms with van der Waals surface area (Å²) in [5.41, 5.74) is 6.95. The first kappa shape index (κ1) is 15.6. The van der Waals surface area contributed by atoms with Crippen LogP contribution in [0.15, 0.2) is 29.4 Å². The number of phenolic OH excluding ortho intramolecular Hbond substituents is 1. The maximum atomic E-state index is 9.30. The van der Waals surface area contributed by atoms with Crippen LogP contribution in [0.2, 0.25) is 0 Å². The van der Waals surface area contributed by atoms with Crippen molar-refractivity contribution in [2.24, 2.45) is 10.9 Å². The molecule has 0 aromatic heterocycles. The van der Waals surface area contributed by atoms with E-state index in [1.165, 1.54) is 5.56 Å². The molecular formula is C15H24N4O2. The van der Waals surface area contributed by atoms with Crippen molar-refractivity contribution in [2.75, 3.05) is 26.2 Å². The van der Waals surface area contributed by atoms with Gasteiger partial charge in [0.15, 0.2) is 5.84 Å². The third-order valence-corrected chi connectivity index (χ3v) is 4.03. The van der Waals surface area contributed by atoms with Gasteiger partial charge in [-0.05, 0) is 24.1 Å². The first-order valence-corrected chi connectivity index (χ1v) is 7.35. The molecule has 1 aromatic rings. The molecule has 0 spiro atoms. The predicted molar refractivity (Wildman–Crippen MR) is 82.4 cm³/mol. The summed E-state index contributed by atoms with van der Waals surface area (Å²) in [6.07, 6.45) is 0.841. The number of benzene rings is 1. The van der Waals surface area contributed by atoms with E-state index in [9.17, 15) is 5.11 Å². The van der Waals surface area contributed by atoms with Crippen molar-refractivity contribution in [3.05, 3.63) is 29.8 Å². The Morgan fingerprint density at radius 2 is 1.86 bits per heavy atom. The zero-order chi connectivity index (χ0) is 15.2. The first-order valence-electron chi connectivity index (χ1n) is 7.35. The lowest BCUT2D eigenvalue weighted by molar-refractivity contribution is 0.110. The van der Waals surface area contributed by atoms with Crippen LogP contribution in [0.5, 0.6) is 5.75 Å². The van der Waals surface area contributed by atoms with E-state index in [1.807, 2.05) is 19.1 Å². The van der Waals surface area contributed by atoms with Gasteiger partial charge in [0.25, 0.3) is 0 Å². The van der Waals surface area contributed by atoms with Crippen LogP contribution in [0, 0.1) is 0 Å². The Bertz CT molecular complexity index is 467. The largest absolute Gasteiger partial charge is 0.508 e. The first-order chi connectivity index (χ1) is 10.1. The molecular weight excluding hydrogens is 268 g/mol. The highest BCUT2D eigenvalue weighted by Gasteiger charge is 2.25. The average molecular weight is 292 g/mol. The molecule has 4 N–H and O–H groups in total. The standard InChI is InChI=1S/C15H24N4O2/c1-2-14(15(16)17-21)19-9-7-18(8-10-19)11-12-3-5-13(20)6-4-12/h3-6,14,20-21H,2,7-11H2,1H3,(H2,16,17). The van der Waals surface area contributed by atoms with Crippen LogP contribution < -0.4 is 5.73 Å². The van der Waals surface area contributed by atoms with Crippen molar-refractivity contribution in [1.29, 1.82) is 0 Å². The summed E-state index contributed by atoms with van der Waals surface area (Å²) >= 11 is 0. The smallest absolute Gasteiger partial charge is 0.156 e. The van der Waals surface area contributed by atoms with Crippen molar-refractivity contribution in [3.8, 4) is 5.75 Å². The summed E-state index contributed by atoms with van der Waals surface area (Å²) in [5, 5.41) is 21.3. The average Bonchev–Trinajstić information content (AvgIpc) is 2.51. The van der Waals surface area contributed by atoms with E-state index in [0.717, 1.165) is 39.1 Å². The molecule has 1 unspecified atom stereocenters. The summed E-state index contributed by atoms with van der Waals surface area (Å²) in [7, 11) is 0. The SMILES string of the molecule is CCC(/C(N)=N/O)N1CCN(Cc2ccc(O)cc2)CC1. The summed E-state index contributed by atoms with van der Waals surface area (Å²) in [4.78, 5) is 4.64. The molecule has 1 fully saturated rings. The number of rotatable bonds is 5. The van der Waals surface area contributed by atoms with E-state index in [0.29, 0.717) is 11.6 Å². The lowest BCUT2D eigenvalue weighted by Crippen LogP contribution is -2.53. The highest BCUT2D eigenvalue weighted by molar-refractivity contribution is 5.85. The molecule has 0 bridgehead atoms. The maximum absolute atomic E-state index is 9.30. The second kappa shape index (κ2) is 7.28. The summed E-state index contributed by atoms with van der Waals surface area (Å²) in [5.74, 6) is 0.595. The number of piperazine rings is 1. The van der Waals surface area contributed by atoms with E-state index >= 15 is 0 Å². The lowest BCUT2D eigenvalue weighted by atomic mass is 10.1. The summed E-state index contributed by atoms with van der Waals surface area (Å²) in [6, 6.07) is 7.36. The predicted octanol–water partition coefficient (Wildman–Crippen LogP) is 1.03. The van der Waals surface area contributed by atoms with Gasteiger partial charge in [0.1, 0.15) is 5.75 Å². The van der Waals surface area contributed by atoms with E-state index < -0.39 is 0 Å². The Labute approximate surface area is 125 Å². The number of aromatic hydroxyl groups is 1. The van der Waals surface area contributed by atoms with Crippen LogP contribution in [-0.2, 0) is 6.54 Å². The van der Waals surface area contributed by atoms with Gasteiger partial charge in [-0.2, -0.15) is 0 Å². The minimum Gasteiger partial charge on any atom is -0.508 e. The maximum Gasteiger partial charge on any atom is 0.156 e. The molecule has 1 atom stereocenters. The van der Waals surface area contributed by atoms with Crippen molar-refractivity contribution in [3.63, 3.8) is 0 Å². The van der Waals surface area contributed by atoms with Crippen molar-refractivity contribution in [2.45, 2.75) is 25.9 Å². The van der Waals surface area contributed by atoms with Crippen molar-refractivity contribution < 1.29 is 10.3 Å². The Morgan fingerprint density at radius 1 is 1.24 bits per heavy atom. The number of oxime groups is 1. The highest BCUT2D eigenvalue weighted by atomic mass is 16.4. The lowest BCUT2D eigenvalue weighted by Gasteiger charge is -2.38. The van der Waals surface area contributed by atoms with Gasteiger partial charge in [-0.1, -0.05) is 24.2 Å². The molecule has 1 saturated heterocycles. The van der Waals surface area contributed by atoms with Crippen LogP contribution in [-0.4, -0.2) is 58.2 Å². The van der Waals surface area contributed by atoms with Gasteiger partial charge in [0.05, 0.1) is 6.04 Å². The molecule has 0 aliphatic carbocycles. The zero-order valence-corrected chi connectivity index (χ0v) is 12.4. The number of amidine groups is 1. The monoisotopic (exact) mass is 292 g/mol. The van der Waals surface area contributed by atoms with E-state index in [1.54, 1.807) is 12.1 Å². The van der Waals surface area contributed by atoms with Gasteiger partial charge in [-0.25, -0.2) is 0 Å². The Morgan fingerprint density at radius 3 is 2.38 bits per heavy atom. The fourth-order valence-corrected chi connectivity index (χ4v) is 2.81. The van der Waals surface area contributed by atoms with Crippen LogP contribution in [0.3, 0.4) is 0 Å². The Kier molecular flexibility index (Phi) is 5.41. The topological polar surface area (TPSA) is 85.3 Å². The molecule has 2 rings (SSSR count). The highest BCUT2D eigenvalue weighted by Crippen LogP contribution is 2.14. The third kappa shape index (κ3) is 4.09. The van der Waals surface area contributed by atoms with Gasteiger partial charge in [-0.15, -0.1) is 0 Å². The molecule has 1 aromatic carbocycles. The summed E-state index contributed by atoms with van der Waals surface area (Å²) in [6.45, 7) is 6.66. The fraction of sp³-hybridized carbons (Fsp3) is 0.533. The molecule has 0 radical (unpaired) electrons. The van der Waals surface area contributed by atoms with E-state index in [-0.39, 0.29) is 6.04 Å². The van der Waals surface area contributed by atoms with Gasteiger partial charge in [-0.3, -0.25) is 9.80 Å². The van der Waals surface area contributed by atoms with Crippen LogP contribution in [0.25, 0.3) is 0 Å². The van der Waals surface area contributed by atoms with Gasteiger partial charge >= 0.3 is 0 Å². The van der Waals surface area contributed by atoms with Crippen molar-refractivity contribution in [1.82, 2.24) is 9.80 Å². The molecule has 6 nitrogen and oxygen atoms in total. The van der Waals surface area contributed by atoms with E-state index in [2.05, 4.69) is 15.0 Å². The number of phenols is 1. The van der Waals surface area contributed by atoms with E-state index in [4.69, 9.17) is 10.9 Å². The number of nitrogens with two attached hydrogens (primary N) is 1. The quantitative estimate of drug-likeness (QED) is 0.327. The normalized spacial score (nSPS) is 19.6. The molecule has 1 heterocycles. The van der Waals surface area contributed by atoms with Crippen LogP contribution in [0.4, 0.5) is 0 Å². The van der Waals surface area contributed by atoms with Crippen molar-refractivity contribution >= 4 is 5.84 Å². The van der Waals surface area contributed by atoms with Crippen LogP contribution in [0.1, 0.15) is 18.9 Å². The minimum atomic E-state index is 0.0193. The zero-order valence-electron chi connectivity index (χ0n) is 12.4. The molecule has 21 heavy (non-hydrogen) atoms. The molecule has 0 saturated carbocycles. The molecule has 1 aliphatic heterocycles. The Balaban J connectivity index is 1.86. The van der Waals surface area contributed by atoms with Gasteiger partial charge in [0.2, 0.25) is 0 Å². The van der Waals surface area contributed by atoms with Gasteiger partial charge < -0.3 is 16.0 Å². The molecule has 0 amide bonds. The molecule has 6 heteroatoms. The Hall–Kier alpha value is -1.79. The molecule has 1 aliphatic rings. The third-order valence-electron chi connectivity index (χ3n) is 4.03. The second-order valence-electron chi connectivity index (χ2n) is 5.43. The number of hydrogen-bond donors (Lipinski definition) is 3. The molecule has 116 valence electrons. The van der Waals surface area contributed by atoms with Crippen LogP contribution >= 0.6 is 0 Å². The number of nitrogens with zero attached hydrogens (tertiary/aromatic N) is 3. The minimum absolute atomic E-state index is 0.0193. The number of hydrogen-bond acceptors (Lipinski definition) is 5.